The summed E-state index contributed by atoms with van der Waals surface area (Å²) in [6.07, 6.45) is 5.00. The third-order valence-corrected chi connectivity index (χ3v) is 3.63. The Morgan fingerprint density at radius 2 is 2.28 bits per heavy atom. The first-order chi connectivity index (χ1) is 8.70. The van der Waals surface area contributed by atoms with Gasteiger partial charge in [-0.25, -0.2) is 0 Å². The number of pyridine rings is 1. The lowest BCUT2D eigenvalue weighted by Gasteiger charge is -2.18. The molecule has 0 saturated heterocycles. The molecule has 1 heterocycles. The van der Waals surface area contributed by atoms with Crippen molar-refractivity contribution in [2.45, 2.75) is 19.3 Å². The van der Waals surface area contributed by atoms with Gasteiger partial charge in [-0.2, -0.15) is 0 Å². The summed E-state index contributed by atoms with van der Waals surface area (Å²) < 4.78 is 0. The van der Waals surface area contributed by atoms with Gasteiger partial charge in [0.25, 0.3) is 5.91 Å². The number of primary amides is 1. The lowest BCUT2D eigenvalue weighted by Crippen LogP contribution is -2.21. The largest absolute Gasteiger partial charge is 0.396 e. The molecule has 1 aromatic heterocycles. The lowest BCUT2D eigenvalue weighted by atomic mass is 9.97. The average Bonchev–Trinajstić information content (AvgIpc) is 2.84. The molecule has 2 rings (SSSR count). The molecule has 1 aliphatic carbocycles. The molecule has 0 radical (unpaired) electrons. The molecule has 1 fully saturated rings. The maximum Gasteiger partial charge on any atom is 0.267 e. The zero-order valence-electron chi connectivity index (χ0n) is 10.3. The lowest BCUT2D eigenvalue weighted by molar-refractivity contribution is 0.0995. The molecule has 1 amide bonds. The molecule has 0 aromatic carbocycles. The molecule has 5 nitrogen and oxygen atoms in total. The van der Waals surface area contributed by atoms with Crippen molar-refractivity contribution in [3.63, 3.8) is 0 Å². The van der Waals surface area contributed by atoms with Gasteiger partial charge in [0.2, 0.25) is 0 Å². The normalized spacial score (nSPS) is 22.9. The number of hydrogen-bond acceptors (Lipinski definition) is 4. The second-order valence-corrected chi connectivity index (χ2v) is 4.81. The van der Waals surface area contributed by atoms with Crippen molar-refractivity contribution in [3.05, 3.63) is 24.0 Å². The number of carbonyl (C=O) groups is 1. The number of nitrogens with zero attached hydrogens (tertiary/aromatic N) is 1. The molecule has 0 bridgehead atoms. The van der Waals surface area contributed by atoms with Gasteiger partial charge in [-0.1, -0.05) is 6.42 Å². The Kier molecular flexibility index (Phi) is 4.15. The van der Waals surface area contributed by atoms with E-state index in [1.54, 1.807) is 12.3 Å². The molecular weight excluding hydrogens is 230 g/mol. The molecule has 18 heavy (non-hydrogen) atoms. The van der Waals surface area contributed by atoms with Gasteiger partial charge in [-0.3, -0.25) is 9.78 Å². The van der Waals surface area contributed by atoms with Crippen molar-refractivity contribution in [1.82, 2.24) is 4.98 Å². The minimum absolute atomic E-state index is 0.259. The van der Waals surface area contributed by atoms with Crippen LogP contribution in [0.1, 0.15) is 29.8 Å². The fourth-order valence-electron chi connectivity index (χ4n) is 2.55. The van der Waals surface area contributed by atoms with Gasteiger partial charge < -0.3 is 16.2 Å². The van der Waals surface area contributed by atoms with E-state index in [1.165, 1.54) is 6.42 Å². The average molecular weight is 249 g/mol. The summed E-state index contributed by atoms with van der Waals surface area (Å²) in [4.78, 5) is 14.9. The fourth-order valence-corrected chi connectivity index (χ4v) is 2.55. The number of hydrogen-bond donors (Lipinski definition) is 3. The minimum Gasteiger partial charge on any atom is -0.396 e. The summed E-state index contributed by atoms with van der Waals surface area (Å²) in [5.41, 5.74) is 6.30. The van der Waals surface area contributed by atoms with Crippen LogP contribution in [0.3, 0.4) is 0 Å². The Morgan fingerprint density at radius 1 is 1.50 bits per heavy atom. The van der Waals surface area contributed by atoms with Crippen LogP contribution in [0.15, 0.2) is 18.3 Å². The molecule has 5 heteroatoms. The number of nitrogens with two attached hydrogens (primary N) is 1. The van der Waals surface area contributed by atoms with E-state index in [1.807, 2.05) is 6.07 Å². The highest BCUT2D eigenvalue weighted by atomic mass is 16.3. The summed E-state index contributed by atoms with van der Waals surface area (Å²) in [6, 6.07) is 3.47. The number of amides is 1. The zero-order chi connectivity index (χ0) is 13.0. The van der Waals surface area contributed by atoms with E-state index >= 15 is 0 Å². The first kappa shape index (κ1) is 12.8. The molecule has 4 N–H and O–H groups in total. The molecule has 2 unspecified atom stereocenters. The van der Waals surface area contributed by atoms with Crippen LogP contribution in [0.4, 0.5) is 5.69 Å². The number of anilines is 1. The molecular formula is C13H19N3O2. The highest BCUT2D eigenvalue weighted by Gasteiger charge is 2.26. The van der Waals surface area contributed by atoms with Crippen molar-refractivity contribution in [3.8, 4) is 0 Å². The van der Waals surface area contributed by atoms with E-state index in [4.69, 9.17) is 5.73 Å². The summed E-state index contributed by atoms with van der Waals surface area (Å²) >= 11 is 0. The fraction of sp³-hybridized carbons (Fsp3) is 0.538. The Labute approximate surface area is 106 Å². The van der Waals surface area contributed by atoms with Crippen LogP contribution >= 0.6 is 0 Å². The van der Waals surface area contributed by atoms with E-state index in [9.17, 15) is 9.90 Å². The number of aliphatic hydroxyl groups excluding tert-OH is 1. The Morgan fingerprint density at radius 3 is 3.00 bits per heavy atom. The number of nitrogens with one attached hydrogen (secondary N) is 1. The van der Waals surface area contributed by atoms with E-state index in [-0.39, 0.29) is 12.3 Å². The van der Waals surface area contributed by atoms with Crippen LogP contribution in [0.25, 0.3) is 0 Å². The number of carbonyl (C=O) groups excluding carboxylic acids is 1. The zero-order valence-corrected chi connectivity index (χ0v) is 10.3. The number of rotatable bonds is 5. The topological polar surface area (TPSA) is 88.2 Å². The van der Waals surface area contributed by atoms with Gasteiger partial charge >= 0.3 is 0 Å². The van der Waals surface area contributed by atoms with Gasteiger partial charge in [-0.15, -0.1) is 0 Å². The van der Waals surface area contributed by atoms with Crippen LogP contribution < -0.4 is 11.1 Å². The molecule has 1 saturated carbocycles. The summed E-state index contributed by atoms with van der Waals surface area (Å²) in [7, 11) is 0. The SMILES string of the molecule is NC(=O)c1cc(NCC2CCCC2CO)ccn1. The van der Waals surface area contributed by atoms with Crippen molar-refractivity contribution in [2.75, 3.05) is 18.5 Å². The van der Waals surface area contributed by atoms with Gasteiger partial charge in [-0.05, 0) is 36.8 Å². The molecule has 2 atom stereocenters. The van der Waals surface area contributed by atoms with E-state index < -0.39 is 5.91 Å². The summed E-state index contributed by atoms with van der Waals surface area (Å²) in [5, 5.41) is 12.5. The predicted octanol–water partition coefficient (Wildman–Crippen LogP) is 1.00. The second-order valence-electron chi connectivity index (χ2n) is 4.81. The molecule has 0 spiro atoms. The van der Waals surface area contributed by atoms with E-state index in [0.717, 1.165) is 25.1 Å². The standard InChI is InChI=1S/C13H19N3O2/c14-13(18)12-6-11(4-5-15-12)16-7-9-2-1-3-10(9)8-17/h4-6,9-10,17H,1-3,7-8H2,(H2,14,18)(H,15,16). The number of aromatic nitrogens is 1. The first-order valence-corrected chi connectivity index (χ1v) is 6.31. The minimum atomic E-state index is -0.521. The molecule has 1 aromatic rings. The van der Waals surface area contributed by atoms with Gasteiger partial charge in [0.1, 0.15) is 5.69 Å². The first-order valence-electron chi connectivity index (χ1n) is 6.31. The highest BCUT2D eigenvalue weighted by Crippen LogP contribution is 2.31. The monoisotopic (exact) mass is 249 g/mol. The predicted molar refractivity (Wildman–Crippen MR) is 69.2 cm³/mol. The van der Waals surface area contributed by atoms with Crippen molar-refractivity contribution < 1.29 is 9.90 Å². The van der Waals surface area contributed by atoms with Crippen LogP contribution in [0, 0.1) is 11.8 Å². The molecule has 1 aliphatic rings. The maximum atomic E-state index is 11.0. The van der Waals surface area contributed by atoms with Crippen LogP contribution in [0.2, 0.25) is 0 Å². The smallest absolute Gasteiger partial charge is 0.267 e. The van der Waals surface area contributed by atoms with E-state index in [2.05, 4.69) is 10.3 Å². The highest BCUT2D eigenvalue weighted by molar-refractivity contribution is 5.91. The Hall–Kier alpha value is -1.62. The summed E-state index contributed by atoms with van der Waals surface area (Å²) in [6.45, 7) is 1.07. The third kappa shape index (κ3) is 2.98. The second kappa shape index (κ2) is 5.82. The van der Waals surface area contributed by atoms with Crippen molar-refractivity contribution in [2.24, 2.45) is 17.6 Å². The Bertz CT molecular complexity index is 422. The molecule has 0 aliphatic heterocycles. The van der Waals surface area contributed by atoms with Gasteiger partial charge in [0.05, 0.1) is 0 Å². The molecule has 98 valence electrons. The maximum absolute atomic E-state index is 11.0. The van der Waals surface area contributed by atoms with Gasteiger partial charge in [0, 0.05) is 25.0 Å². The van der Waals surface area contributed by atoms with E-state index in [0.29, 0.717) is 11.8 Å². The van der Waals surface area contributed by atoms with Crippen LogP contribution in [0.5, 0.6) is 0 Å². The summed E-state index contributed by atoms with van der Waals surface area (Å²) in [5.74, 6) is 0.378. The van der Waals surface area contributed by atoms with Crippen LogP contribution in [-0.4, -0.2) is 29.1 Å². The quantitative estimate of drug-likeness (QED) is 0.726. The Balaban J connectivity index is 1.93. The van der Waals surface area contributed by atoms with Crippen LogP contribution in [-0.2, 0) is 0 Å². The van der Waals surface area contributed by atoms with Crippen molar-refractivity contribution >= 4 is 11.6 Å². The third-order valence-electron chi connectivity index (χ3n) is 3.63. The number of aliphatic hydroxyl groups is 1. The van der Waals surface area contributed by atoms with Gasteiger partial charge in [0.15, 0.2) is 0 Å². The van der Waals surface area contributed by atoms with Crippen molar-refractivity contribution in [1.29, 1.82) is 0 Å².